The standard InChI is InChI=1S/C25H37N3O/c29-24(28-14-6-7-15-28)26-23-18-25(22-11-5-4-10-21(22)23)12-16-27(17-13-25)19-20-8-2-1-3-9-20/h4-5,10-11,20,23H,1-3,6-9,12-19H2,(H,26,29)/t23-/m0/s1. The van der Waals surface area contributed by atoms with Crippen molar-refractivity contribution in [3.63, 3.8) is 0 Å². The molecule has 4 aliphatic rings. The van der Waals surface area contributed by atoms with Crippen molar-refractivity contribution in [2.75, 3.05) is 32.7 Å². The van der Waals surface area contributed by atoms with Crippen molar-refractivity contribution in [1.29, 1.82) is 0 Å². The molecule has 2 aliphatic carbocycles. The van der Waals surface area contributed by atoms with Crippen molar-refractivity contribution in [2.45, 2.75) is 75.7 Å². The molecule has 2 heterocycles. The van der Waals surface area contributed by atoms with Crippen LogP contribution in [0, 0.1) is 5.92 Å². The summed E-state index contributed by atoms with van der Waals surface area (Å²) in [6, 6.07) is 9.27. The fraction of sp³-hybridized carbons (Fsp3) is 0.720. The summed E-state index contributed by atoms with van der Waals surface area (Å²) in [5, 5.41) is 3.40. The van der Waals surface area contributed by atoms with E-state index in [2.05, 4.69) is 34.5 Å². The molecule has 4 nitrogen and oxygen atoms in total. The Labute approximate surface area is 176 Å². The second-order valence-electron chi connectivity index (χ2n) is 10.1. The first-order chi connectivity index (χ1) is 14.2. The van der Waals surface area contributed by atoms with Gasteiger partial charge in [0.15, 0.2) is 0 Å². The molecule has 0 radical (unpaired) electrons. The number of benzene rings is 1. The predicted octanol–water partition coefficient (Wildman–Crippen LogP) is 4.85. The molecule has 1 saturated carbocycles. The lowest BCUT2D eigenvalue weighted by Gasteiger charge is -2.42. The smallest absolute Gasteiger partial charge is 0.317 e. The van der Waals surface area contributed by atoms with E-state index in [1.54, 1.807) is 0 Å². The maximum atomic E-state index is 12.8. The Balaban J connectivity index is 1.25. The molecule has 0 aromatic heterocycles. The Morgan fingerprint density at radius 3 is 2.45 bits per heavy atom. The molecule has 4 heteroatoms. The number of nitrogens with zero attached hydrogens (tertiary/aromatic N) is 2. The van der Waals surface area contributed by atoms with Crippen LogP contribution in [0.2, 0.25) is 0 Å². The van der Waals surface area contributed by atoms with Gasteiger partial charge in [-0.05, 0) is 75.1 Å². The monoisotopic (exact) mass is 395 g/mol. The first-order valence-corrected chi connectivity index (χ1v) is 12.1. The molecule has 1 aromatic rings. The number of amides is 2. The van der Waals surface area contributed by atoms with Crippen LogP contribution in [0.4, 0.5) is 4.79 Å². The van der Waals surface area contributed by atoms with Crippen LogP contribution in [0.3, 0.4) is 0 Å². The molecule has 2 saturated heterocycles. The Morgan fingerprint density at radius 1 is 0.966 bits per heavy atom. The van der Waals surface area contributed by atoms with E-state index in [9.17, 15) is 4.79 Å². The van der Waals surface area contributed by atoms with Gasteiger partial charge in [-0.2, -0.15) is 0 Å². The normalized spacial score (nSPS) is 27.3. The highest BCUT2D eigenvalue weighted by molar-refractivity contribution is 5.75. The number of fused-ring (bicyclic) bond motifs is 2. The van der Waals surface area contributed by atoms with Crippen molar-refractivity contribution < 1.29 is 4.79 Å². The van der Waals surface area contributed by atoms with Gasteiger partial charge in [0, 0.05) is 25.0 Å². The lowest BCUT2D eigenvalue weighted by molar-refractivity contribution is 0.124. The summed E-state index contributed by atoms with van der Waals surface area (Å²) in [6.45, 7) is 5.59. The Bertz CT molecular complexity index is 713. The van der Waals surface area contributed by atoms with Gasteiger partial charge in [0.25, 0.3) is 0 Å². The Morgan fingerprint density at radius 2 is 1.69 bits per heavy atom. The van der Waals surface area contributed by atoms with E-state index in [0.717, 1.165) is 38.3 Å². The second kappa shape index (κ2) is 8.29. The summed E-state index contributed by atoms with van der Waals surface area (Å²) in [5.74, 6) is 0.932. The molecular formula is C25H37N3O. The molecule has 0 unspecified atom stereocenters. The first-order valence-electron chi connectivity index (χ1n) is 12.1. The molecule has 158 valence electrons. The highest BCUT2D eigenvalue weighted by Gasteiger charge is 2.46. The minimum Gasteiger partial charge on any atom is -0.331 e. The van der Waals surface area contributed by atoms with Gasteiger partial charge in [-0.15, -0.1) is 0 Å². The third-order valence-electron chi connectivity index (χ3n) is 8.25. The molecular weight excluding hydrogens is 358 g/mol. The van der Waals surface area contributed by atoms with Crippen LogP contribution in [-0.2, 0) is 5.41 Å². The number of hydrogen-bond acceptors (Lipinski definition) is 2. The van der Waals surface area contributed by atoms with Crippen molar-refractivity contribution in [1.82, 2.24) is 15.1 Å². The number of rotatable bonds is 3. The van der Waals surface area contributed by atoms with Gasteiger partial charge < -0.3 is 15.1 Å². The number of hydrogen-bond donors (Lipinski definition) is 1. The van der Waals surface area contributed by atoms with E-state index in [4.69, 9.17) is 0 Å². The highest BCUT2D eigenvalue weighted by Crippen LogP contribution is 2.50. The quantitative estimate of drug-likeness (QED) is 0.794. The van der Waals surface area contributed by atoms with E-state index >= 15 is 0 Å². The van der Waals surface area contributed by atoms with Gasteiger partial charge >= 0.3 is 6.03 Å². The fourth-order valence-electron chi connectivity index (χ4n) is 6.56. The van der Waals surface area contributed by atoms with E-state index in [-0.39, 0.29) is 17.5 Å². The van der Waals surface area contributed by atoms with Gasteiger partial charge in [0.05, 0.1) is 6.04 Å². The molecule has 29 heavy (non-hydrogen) atoms. The number of piperidine rings is 1. The Kier molecular flexibility index (Phi) is 5.55. The molecule has 0 bridgehead atoms. The van der Waals surface area contributed by atoms with Crippen LogP contribution < -0.4 is 5.32 Å². The van der Waals surface area contributed by atoms with E-state index in [1.807, 2.05) is 4.90 Å². The molecule has 2 aliphatic heterocycles. The van der Waals surface area contributed by atoms with Crippen LogP contribution in [0.1, 0.15) is 81.4 Å². The minimum absolute atomic E-state index is 0.147. The zero-order chi connectivity index (χ0) is 19.7. The Hall–Kier alpha value is -1.55. The van der Waals surface area contributed by atoms with Crippen LogP contribution in [-0.4, -0.2) is 48.6 Å². The summed E-state index contributed by atoms with van der Waals surface area (Å²) < 4.78 is 0. The van der Waals surface area contributed by atoms with E-state index in [1.165, 1.54) is 75.7 Å². The summed E-state index contributed by atoms with van der Waals surface area (Å²) >= 11 is 0. The summed E-state index contributed by atoms with van der Waals surface area (Å²) in [7, 11) is 0. The lowest BCUT2D eigenvalue weighted by atomic mass is 9.73. The SMILES string of the molecule is O=C(N[C@H]1CC2(CCN(CC3CCCCC3)CC2)c2ccccc21)N1CCCC1. The number of carbonyl (C=O) groups is 1. The average molecular weight is 396 g/mol. The third-order valence-corrected chi connectivity index (χ3v) is 8.25. The average Bonchev–Trinajstić information content (AvgIpc) is 3.39. The van der Waals surface area contributed by atoms with Gasteiger partial charge in [-0.1, -0.05) is 43.5 Å². The predicted molar refractivity (Wildman–Crippen MR) is 117 cm³/mol. The number of likely N-dealkylation sites (tertiary alicyclic amines) is 2. The largest absolute Gasteiger partial charge is 0.331 e. The molecule has 1 spiro atoms. The summed E-state index contributed by atoms with van der Waals surface area (Å²) in [4.78, 5) is 17.5. The van der Waals surface area contributed by atoms with Gasteiger partial charge in [0.1, 0.15) is 0 Å². The maximum Gasteiger partial charge on any atom is 0.317 e. The number of urea groups is 1. The van der Waals surface area contributed by atoms with Gasteiger partial charge in [-0.25, -0.2) is 4.79 Å². The van der Waals surface area contributed by atoms with Crippen molar-refractivity contribution in [2.24, 2.45) is 5.92 Å². The number of carbonyl (C=O) groups excluding carboxylic acids is 1. The zero-order valence-corrected chi connectivity index (χ0v) is 17.9. The molecule has 1 aromatic carbocycles. The lowest BCUT2D eigenvalue weighted by Crippen LogP contribution is -2.44. The summed E-state index contributed by atoms with van der Waals surface area (Å²) in [6.07, 6.45) is 13.1. The highest BCUT2D eigenvalue weighted by atomic mass is 16.2. The van der Waals surface area contributed by atoms with Crippen molar-refractivity contribution in [3.05, 3.63) is 35.4 Å². The van der Waals surface area contributed by atoms with Crippen LogP contribution in [0.25, 0.3) is 0 Å². The molecule has 1 N–H and O–H groups in total. The van der Waals surface area contributed by atoms with Crippen LogP contribution >= 0.6 is 0 Å². The molecule has 2 amide bonds. The molecule has 1 atom stereocenters. The first kappa shape index (κ1) is 19.4. The molecule has 3 fully saturated rings. The van der Waals surface area contributed by atoms with E-state index < -0.39 is 0 Å². The third kappa shape index (κ3) is 3.93. The van der Waals surface area contributed by atoms with Crippen LogP contribution in [0.5, 0.6) is 0 Å². The van der Waals surface area contributed by atoms with Gasteiger partial charge in [0.2, 0.25) is 0 Å². The fourth-order valence-corrected chi connectivity index (χ4v) is 6.56. The summed E-state index contributed by atoms with van der Waals surface area (Å²) in [5.41, 5.74) is 3.16. The minimum atomic E-state index is 0.147. The van der Waals surface area contributed by atoms with Crippen LogP contribution in [0.15, 0.2) is 24.3 Å². The van der Waals surface area contributed by atoms with Crippen molar-refractivity contribution >= 4 is 6.03 Å². The maximum absolute atomic E-state index is 12.8. The second-order valence-corrected chi connectivity index (χ2v) is 10.1. The van der Waals surface area contributed by atoms with Crippen molar-refractivity contribution in [3.8, 4) is 0 Å². The van der Waals surface area contributed by atoms with E-state index in [0.29, 0.717) is 0 Å². The number of nitrogens with one attached hydrogen (secondary N) is 1. The van der Waals surface area contributed by atoms with Gasteiger partial charge in [-0.3, -0.25) is 0 Å². The zero-order valence-electron chi connectivity index (χ0n) is 17.9. The molecule has 5 rings (SSSR count). The topological polar surface area (TPSA) is 35.6 Å².